The fourth-order valence-electron chi connectivity index (χ4n) is 7.84. The molecule has 0 radical (unpaired) electrons. The monoisotopic (exact) mass is 912 g/mol. The van der Waals surface area contributed by atoms with Crippen molar-refractivity contribution in [3.8, 4) is 0 Å². The summed E-state index contributed by atoms with van der Waals surface area (Å²) in [6.07, 6.45) is 56.6. The second kappa shape index (κ2) is 49.9. The number of unbranched alkanes of at least 4 members (excludes halogenated alkanes) is 34. The van der Waals surface area contributed by atoms with E-state index in [9.17, 15) is 19.0 Å². The second-order valence-corrected chi connectivity index (χ2v) is 19.6. The van der Waals surface area contributed by atoms with Gasteiger partial charge in [0.1, 0.15) is 6.61 Å². The van der Waals surface area contributed by atoms with Gasteiger partial charge in [0, 0.05) is 19.4 Å². The molecule has 3 N–H and O–H groups in total. The number of rotatable bonds is 51. The average Bonchev–Trinajstić information content (AvgIpc) is 3.27. The summed E-state index contributed by atoms with van der Waals surface area (Å²) in [5.41, 5.74) is 5.36. The molecule has 0 amide bonds. The van der Waals surface area contributed by atoms with Gasteiger partial charge in [0.15, 0.2) is 6.10 Å². The molecule has 2 unspecified atom stereocenters. The first kappa shape index (κ1) is 61.5. The van der Waals surface area contributed by atoms with E-state index in [1.807, 2.05) is 0 Å². The molecule has 0 saturated heterocycles. The molecule has 0 aliphatic carbocycles. The third-order valence-corrected chi connectivity index (χ3v) is 12.8. The summed E-state index contributed by atoms with van der Waals surface area (Å²) in [6, 6.07) is 0. The van der Waals surface area contributed by atoms with Crippen molar-refractivity contribution in [3.05, 3.63) is 24.3 Å². The fraction of sp³-hybridized carbons (Fsp3) is 0.887. The maximum Gasteiger partial charge on any atom is 0.472 e. The van der Waals surface area contributed by atoms with Crippen LogP contribution >= 0.6 is 7.82 Å². The Morgan fingerprint density at radius 2 is 0.825 bits per heavy atom. The Morgan fingerprint density at radius 1 is 0.476 bits per heavy atom. The molecule has 9 nitrogen and oxygen atoms in total. The van der Waals surface area contributed by atoms with E-state index in [0.29, 0.717) is 6.42 Å². The van der Waals surface area contributed by atoms with Crippen LogP contribution in [-0.4, -0.2) is 49.3 Å². The van der Waals surface area contributed by atoms with E-state index in [2.05, 4.69) is 38.2 Å². The first-order chi connectivity index (χ1) is 30.8. The number of hydrogen-bond donors (Lipinski definition) is 2. The van der Waals surface area contributed by atoms with E-state index in [1.165, 1.54) is 180 Å². The molecule has 0 aromatic rings. The van der Waals surface area contributed by atoms with Crippen molar-refractivity contribution in [2.24, 2.45) is 5.73 Å². The summed E-state index contributed by atoms with van der Waals surface area (Å²) < 4.78 is 32.9. The quantitative estimate of drug-likeness (QED) is 0.0265. The molecule has 372 valence electrons. The summed E-state index contributed by atoms with van der Waals surface area (Å²) in [5.74, 6) is -0.831. The number of ether oxygens (including phenoxy) is 2. The van der Waals surface area contributed by atoms with Crippen LogP contribution in [0.5, 0.6) is 0 Å². The van der Waals surface area contributed by atoms with Gasteiger partial charge in [-0.3, -0.25) is 18.6 Å². The van der Waals surface area contributed by atoms with Gasteiger partial charge in [0.25, 0.3) is 0 Å². The van der Waals surface area contributed by atoms with Crippen molar-refractivity contribution in [2.45, 2.75) is 277 Å². The summed E-state index contributed by atoms with van der Waals surface area (Å²) in [4.78, 5) is 35.0. The van der Waals surface area contributed by atoms with Crippen LogP contribution in [0.2, 0.25) is 0 Å². The Labute approximate surface area is 389 Å². The lowest BCUT2D eigenvalue weighted by Crippen LogP contribution is -2.29. The van der Waals surface area contributed by atoms with Gasteiger partial charge < -0.3 is 20.1 Å². The minimum Gasteiger partial charge on any atom is -0.462 e. The van der Waals surface area contributed by atoms with Crippen LogP contribution in [0.25, 0.3) is 0 Å². The van der Waals surface area contributed by atoms with Crippen LogP contribution in [0, 0.1) is 0 Å². The molecule has 0 rings (SSSR count). The molecule has 0 heterocycles. The summed E-state index contributed by atoms with van der Waals surface area (Å²) in [5, 5.41) is 0. The topological polar surface area (TPSA) is 134 Å². The average molecular weight is 912 g/mol. The van der Waals surface area contributed by atoms with Crippen LogP contribution in [0.4, 0.5) is 0 Å². The summed E-state index contributed by atoms with van der Waals surface area (Å²) in [6.45, 7) is 3.74. The zero-order valence-corrected chi connectivity index (χ0v) is 42.2. The molecule has 2 atom stereocenters. The SMILES string of the molecule is CCCCC/C=C\C/C=C\CCCCCCCC(=O)OC(COC(=O)CCCCCCCCCCCCCCCCCCCCCCCCCCCCC)COP(=O)(O)OCCN. The lowest BCUT2D eigenvalue weighted by atomic mass is 10.0. The number of nitrogens with two attached hydrogens (primary N) is 1. The van der Waals surface area contributed by atoms with Crippen molar-refractivity contribution in [1.82, 2.24) is 0 Å². The Morgan fingerprint density at radius 3 is 1.24 bits per heavy atom. The minimum atomic E-state index is -4.38. The van der Waals surface area contributed by atoms with E-state index in [1.54, 1.807) is 0 Å². The van der Waals surface area contributed by atoms with Crippen LogP contribution in [0.15, 0.2) is 24.3 Å². The molecular formula is C53H102NO8P. The first-order valence-corrected chi connectivity index (χ1v) is 28.3. The van der Waals surface area contributed by atoms with E-state index >= 15 is 0 Å². The molecular weight excluding hydrogens is 810 g/mol. The standard InChI is InChI=1S/C53H102NO8P/c1-3-5-7-9-11-13-15-17-19-20-21-22-23-24-25-26-27-28-29-30-32-33-35-37-39-41-43-45-52(55)59-49-51(50-61-63(57,58)60-48-47-54)62-53(56)46-44-42-40-38-36-34-31-18-16-14-12-10-8-6-4-2/h12,14,18,31,51H,3-11,13,15-17,19-30,32-50,54H2,1-2H3,(H,57,58)/b14-12-,31-18-. The number of phosphoric acid groups is 1. The predicted octanol–water partition coefficient (Wildman–Crippen LogP) is 16.3. The number of carbonyl (C=O) groups is 2. The smallest absolute Gasteiger partial charge is 0.462 e. The maximum absolute atomic E-state index is 12.6. The Hall–Kier alpha value is -1.51. The molecule has 0 saturated carbocycles. The van der Waals surface area contributed by atoms with Crippen molar-refractivity contribution in [1.29, 1.82) is 0 Å². The highest BCUT2D eigenvalue weighted by atomic mass is 31.2. The van der Waals surface area contributed by atoms with Crippen molar-refractivity contribution < 1.29 is 37.6 Å². The van der Waals surface area contributed by atoms with Crippen molar-refractivity contribution >= 4 is 19.8 Å². The van der Waals surface area contributed by atoms with E-state index < -0.39 is 26.5 Å². The van der Waals surface area contributed by atoms with Crippen LogP contribution in [0.1, 0.15) is 271 Å². The van der Waals surface area contributed by atoms with E-state index in [0.717, 1.165) is 57.8 Å². The Balaban J connectivity index is 3.91. The predicted molar refractivity (Wildman–Crippen MR) is 266 cm³/mol. The number of carbonyl (C=O) groups excluding carboxylic acids is 2. The molecule has 0 aromatic heterocycles. The highest BCUT2D eigenvalue weighted by molar-refractivity contribution is 7.47. The Kier molecular flexibility index (Phi) is 48.7. The highest BCUT2D eigenvalue weighted by Gasteiger charge is 2.26. The van der Waals surface area contributed by atoms with Gasteiger partial charge in [-0.2, -0.15) is 0 Å². The van der Waals surface area contributed by atoms with Gasteiger partial charge in [0.2, 0.25) is 0 Å². The zero-order chi connectivity index (χ0) is 46.0. The third kappa shape index (κ3) is 49.8. The largest absolute Gasteiger partial charge is 0.472 e. The van der Waals surface area contributed by atoms with Gasteiger partial charge in [-0.15, -0.1) is 0 Å². The summed E-state index contributed by atoms with van der Waals surface area (Å²) in [7, 11) is -4.38. The van der Waals surface area contributed by atoms with Gasteiger partial charge in [0.05, 0.1) is 13.2 Å². The second-order valence-electron chi connectivity index (χ2n) is 18.1. The number of phosphoric ester groups is 1. The van der Waals surface area contributed by atoms with Crippen LogP contribution in [0.3, 0.4) is 0 Å². The van der Waals surface area contributed by atoms with Crippen molar-refractivity contribution in [3.63, 3.8) is 0 Å². The molecule has 0 aliphatic rings. The van der Waals surface area contributed by atoms with Gasteiger partial charge in [-0.25, -0.2) is 4.57 Å². The van der Waals surface area contributed by atoms with Crippen molar-refractivity contribution in [2.75, 3.05) is 26.4 Å². The maximum atomic E-state index is 12.6. The number of esters is 2. The molecule has 10 heteroatoms. The van der Waals surface area contributed by atoms with Crippen LogP contribution < -0.4 is 5.73 Å². The van der Waals surface area contributed by atoms with E-state index in [4.69, 9.17) is 24.3 Å². The fourth-order valence-corrected chi connectivity index (χ4v) is 8.61. The van der Waals surface area contributed by atoms with E-state index in [-0.39, 0.29) is 38.6 Å². The minimum absolute atomic E-state index is 0.0527. The zero-order valence-electron chi connectivity index (χ0n) is 41.3. The molecule has 0 fully saturated rings. The first-order valence-electron chi connectivity index (χ1n) is 26.8. The highest BCUT2D eigenvalue weighted by Crippen LogP contribution is 2.43. The molecule has 0 bridgehead atoms. The van der Waals surface area contributed by atoms with Crippen LogP contribution in [-0.2, 0) is 32.7 Å². The van der Waals surface area contributed by atoms with Gasteiger partial charge >= 0.3 is 19.8 Å². The molecule has 0 aliphatic heterocycles. The number of allylic oxidation sites excluding steroid dienone is 4. The Bertz CT molecular complexity index is 1090. The van der Waals surface area contributed by atoms with Gasteiger partial charge in [-0.05, 0) is 44.9 Å². The molecule has 63 heavy (non-hydrogen) atoms. The lowest BCUT2D eigenvalue weighted by molar-refractivity contribution is -0.161. The number of hydrogen-bond acceptors (Lipinski definition) is 8. The molecule has 0 spiro atoms. The lowest BCUT2D eigenvalue weighted by Gasteiger charge is -2.19. The molecule has 0 aromatic carbocycles. The third-order valence-electron chi connectivity index (χ3n) is 11.8. The normalized spacial score (nSPS) is 13.3. The van der Waals surface area contributed by atoms with Gasteiger partial charge in [-0.1, -0.05) is 237 Å². The summed E-state index contributed by atoms with van der Waals surface area (Å²) >= 11 is 0.